The molecule has 0 bridgehead atoms. The van der Waals surface area contributed by atoms with Crippen molar-refractivity contribution in [1.29, 1.82) is 0 Å². The molecular formula is C19H31IN4O2. The van der Waals surface area contributed by atoms with Crippen LogP contribution in [0.15, 0.2) is 23.2 Å². The Morgan fingerprint density at radius 1 is 1.23 bits per heavy atom. The molecule has 26 heavy (non-hydrogen) atoms. The largest absolute Gasteiger partial charge is 0.496 e. The van der Waals surface area contributed by atoms with E-state index in [4.69, 9.17) is 9.73 Å². The van der Waals surface area contributed by atoms with E-state index in [0.717, 1.165) is 50.9 Å². The van der Waals surface area contributed by atoms with Gasteiger partial charge in [0.05, 0.1) is 7.11 Å². The summed E-state index contributed by atoms with van der Waals surface area (Å²) >= 11 is 0. The van der Waals surface area contributed by atoms with Gasteiger partial charge in [-0.3, -0.25) is 9.79 Å². The van der Waals surface area contributed by atoms with E-state index in [1.54, 1.807) is 14.0 Å². The molecular weight excluding hydrogens is 443 g/mol. The van der Waals surface area contributed by atoms with Gasteiger partial charge in [-0.25, -0.2) is 0 Å². The number of carbonyl (C=O) groups excluding carboxylic acids is 1. The molecule has 6 nitrogen and oxygen atoms in total. The Morgan fingerprint density at radius 3 is 2.46 bits per heavy atom. The number of halogens is 1. The van der Waals surface area contributed by atoms with Crippen LogP contribution in [-0.4, -0.2) is 68.0 Å². The molecule has 1 saturated heterocycles. The van der Waals surface area contributed by atoms with Crippen LogP contribution in [0.4, 0.5) is 0 Å². The first-order valence-electron chi connectivity index (χ1n) is 8.97. The molecule has 0 atom stereocenters. The van der Waals surface area contributed by atoms with E-state index in [1.807, 2.05) is 11.0 Å². The van der Waals surface area contributed by atoms with Crippen LogP contribution >= 0.6 is 24.0 Å². The van der Waals surface area contributed by atoms with Gasteiger partial charge in [-0.15, -0.1) is 24.0 Å². The van der Waals surface area contributed by atoms with Crippen molar-refractivity contribution >= 4 is 35.8 Å². The molecule has 146 valence electrons. The number of aryl methyl sites for hydroxylation is 1. The van der Waals surface area contributed by atoms with Gasteiger partial charge in [0, 0.05) is 46.2 Å². The molecule has 1 aromatic rings. The van der Waals surface area contributed by atoms with Gasteiger partial charge in [0.2, 0.25) is 5.91 Å². The number of methoxy groups -OCH3 is 1. The van der Waals surface area contributed by atoms with E-state index in [9.17, 15) is 4.79 Å². The average Bonchev–Trinajstić information content (AvgIpc) is 2.61. The number of amides is 1. The third-order valence-corrected chi connectivity index (χ3v) is 4.44. The van der Waals surface area contributed by atoms with Crippen LogP contribution in [0.3, 0.4) is 0 Å². The second-order valence-corrected chi connectivity index (χ2v) is 6.29. The molecule has 7 heteroatoms. The predicted octanol–water partition coefficient (Wildman–Crippen LogP) is 2.29. The Morgan fingerprint density at radius 2 is 1.88 bits per heavy atom. The predicted molar refractivity (Wildman–Crippen MR) is 117 cm³/mol. The summed E-state index contributed by atoms with van der Waals surface area (Å²) in [7, 11) is 1.70. The number of hydrogen-bond donors (Lipinski definition) is 1. The van der Waals surface area contributed by atoms with E-state index in [-0.39, 0.29) is 29.9 Å². The molecule has 2 rings (SSSR count). The van der Waals surface area contributed by atoms with Crippen LogP contribution in [-0.2, 0) is 11.2 Å². The number of aliphatic imine (C=N–C) groups is 1. The Bertz CT molecular complexity index is 614. The highest BCUT2D eigenvalue weighted by atomic mass is 127. The third kappa shape index (κ3) is 6.34. The van der Waals surface area contributed by atoms with E-state index >= 15 is 0 Å². The topological polar surface area (TPSA) is 57.2 Å². The minimum absolute atomic E-state index is 0. The number of carbonyl (C=O) groups is 1. The summed E-state index contributed by atoms with van der Waals surface area (Å²) in [5.74, 6) is 1.99. The number of ether oxygens (including phenoxy) is 1. The molecule has 0 aliphatic carbocycles. The molecule has 0 spiro atoms. The number of rotatable bonds is 5. The number of nitrogens with zero attached hydrogens (tertiary/aromatic N) is 3. The molecule has 1 heterocycles. The molecule has 0 aromatic heterocycles. The summed E-state index contributed by atoms with van der Waals surface area (Å²) in [4.78, 5) is 20.4. The van der Waals surface area contributed by atoms with Gasteiger partial charge >= 0.3 is 0 Å². The maximum Gasteiger partial charge on any atom is 0.219 e. The van der Waals surface area contributed by atoms with Crippen molar-refractivity contribution in [2.24, 2.45) is 4.99 Å². The first-order chi connectivity index (χ1) is 12.0. The fraction of sp³-hybridized carbons (Fsp3) is 0.579. The van der Waals surface area contributed by atoms with E-state index in [1.165, 1.54) is 11.1 Å². The highest BCUT2D eigenvalue weighted by molar-refractivity contribution is 14.0. The smallest absolute Gasteiger partial charge is 0.219 e. The Hall–Kier alpha value is -1.51. The van der Waals surface area contributed by atoms with E-state index in [2.05, 4.69) is 36.2 Å². The number of nitrogens with one attached hydrogen (secondary N) is 1. The van der Waals surface area contributed by atoms with E-state index < -0.39 is 0 Å². The standard InChI is InChI=1S/C19H30N4O2.HI/c1-5-20-19(23-12-10-22(11-13-23)16(3)24)21-9-8-17-14-15(2)6-7-18(17)25-4;/h6-7,14H,5,8-13H2,1-4H3,(H,20,21);1H. The minimum Gasteiger partial charge on any atom is -0.496 e. The molecule has 0 unspecified atom stereocenters. The van der Waals surface area contributed by atoms with Crippen molar-refractivity contribution in [2.75, 3.05) is 46.4 Å². The van der Waals surface area contributed by atoms with Gasteiger partial charge in [0.25, 0.3) is 0 Å². The van der Waals surface area contributed by atoms with Gasteiger partial charge in [-0.2, -0.15) is 0 Å². The first-order valence-corrected chi connectivity index (χ1v) is 8.97. The molecule has 1 fully saturated rings. The van der Waals surface area contributed by atoms with Crippen LogP contribution in [0.2, 0.25) is 0 Å². The number of guanidine groups is 1. The summed E-state index contributed by atoms with van der Waals surface area (Å²) in [5, 5.41) is 3.36. The van der Waals surface area contributed by atoms with Crippen molar-refractivity contribution in [3.05, 3.63) is 29.3 Å². The van der Waals surface area contributed by atoms with Gasteiger partial charge in [0.15, 0.2) is 5.96 Å². The lowest BCUT2D eigenvalue weighted by Crippen LogP contribution is -2.53. The molecule has 0 saturated carbocycles. The molecule has 1 amide bonds. The van der Waals surface area contributed by atoms with Gasteiger partial charge in [-0.1, -0.05) is 17.7 Å². The summed E-state index contributed by atoms with van der Waals surface area (Å²) in [6, 6.07) is 6.23. The number of hydrogen-bond acceptors (Lipinski definition) is 3. The zero-order valence-electron chi connectivity index (χ0n) is 16.2. The van der Waals surface area contributed by atoms with Crippen LogP contribution in [0.25, 0.3) is 0 Å². The maximum absolute atomic E-state index is 11.5. The van der Waals surface area contributed by atoms with Crippen molar-refractivity contribution < 1.29 is 9.53 Å². The molecule has 1 aromatic carbocycles. The maximum atomic E-state index is 11.5. The van der Waals surface area contributed by atoms with Crippen molar-refractivity contribution in [3.63, 3.8) is 0 Å². The monoisotopic (exact) mass is 474 g/mol. The molecule has 1 aliphatic heterocycles. The lowest BCUT2D eigenvalue weighted by Gasteiger charge is -2.36. The summed E-state index contributed by atoms with van der Waals surface area (Å²) in [5.41, 5.74) is 2.41. The lowest BCUT2D eigenvalue weighted by molar-refractivity contribution is -0.130. The lowest BCUT2D eigenvalue weighted by atomic mass is 10.1. The second-order valence-electron chi connectivity index (χ2n) is 6.29. The van der Waals surface area contributed by atoms with Crippen LogP contribution in [0.1, 0.15) is 25.0 Å². The molecule has 1 N–H and O–H groups in total. The first kappa shape index (κ1) is 22.5. The number of benzene rings is 1. The zero-order valence-corrected chi connectivity index (χ0v) is 18.6. The number of piperazine rings is 1. The fourth-order valence-electron chi connectivity index (χ4n) is 3.04. The van der Waals surface area contributed by atoms with E-state index in [0.29, 0.717) is 6.54 Å². The summed E-state index contributed by atoms with van der Waals surface area (Å²) in [6.07, 6.45) is 0.840. The Balaban J connectivity index is 0.00000338. The van der Waals surface area contributed by atoms with Crippen LogP contribution in [0, 0.1) is 6.92 Å². The van der Waals surface area contributed by atoms with Crippen LogP contribution in [0.5, 0.6) is 5.75 Å². The molecule has 1 aliphatic rings. The normalized spacial score (nSPS) is 14.7. The molecule has 0 radical (unpaired) electrons. The van der Waals surface area contributed by atoms with Crippen molar-refractivity contribution in [3.8, 4) is 5.75 Å². The van der Waals surface area contributed by atoms with Crippen molar-refractivity contribution in [2.45, 2.75) is 27.2 Å². The third-order valence-electron chi connectivity index (χ3n) is 4.44. The SMILES string of the molecule is CCNC(=NCCc1cc(C)ccc1OC)N1CCN(C(C)=O)CC1.I. The Labute approximate surface area is 174 Å². The van der Waals surface area contributed by atoms with Gasteiger partial charge < -0.3 is 19.9 Å². The summed E-state index contributed by atoms with van der Waals surface area (Å²) < 4.78 is 5.44. The highest BCUT2D eigenvalue weighted by Crippen LogP contribution is 2.20. The second kappa shape index (κ2) is 11.3. The highest BCUT2D eigenvalue weighted by Gasteiger charge is 2.20. The summed E-state index contributed by atoms with van der Waals surface area (Å²) in [6.45, 7) is 10.5. The van der Waals surface area contributed by atoms with Crippen LogP contribution < -0.4 is 10.1 Å². The van der Waals surface area contributed by atoms with Gasteiger partial charge in [-0.05, 0) is 31.9 Å². The fourth-order valence-corrected chi connectivity index (χ4v) is 3.04. The Kier molecular flexibility index (Phi) is 9.75. The average molecular weight is 474 g/mol. The quantitative estimate of drug-likeness (QED) is 0.405. The van der Waals surface area contributed by atoms with Crippen molar-refractivity contribution in [1.82, 2.24) is 15.1 Å². The minimum atomic E-state index is 0. The zero-order chi connectivity index (χ0) is 18.2. The van der Waals surface area contributed by atoms with Gasteiger partial charge in [0.1, 0.15) is 5.75 Å².